The molecule has 1 saturated heterocycles. The van der Waals surface area contributed by atoms with Gasteiger partial charge in [0.25, 0.3) is 0 Å². The monoisotopic (exact) mass is 248 g/mol. The first kappa shape index (κ1) is 13.4. The van der Waals surface area contributed by atoms with Crippen molar-refractivity contribution in [3.63, 3.8) is 0 Å². The summed E-state index contributed by atoms with van der Waals surface area (Å²) in [6.07, 6.45) is 2.67. The van der Waals surface area contributed by atoms with Crippen LogP contribution in [0, 0.1) is 0 Å². The van der Waals surface area contributed by atoms with Crippen molar-refractivity contribution in [2.75, 3.05) is 19.6 Å². The maximum Gasteiger partial charge on any atom is 0.120 e. The SMILES string of the molecule is CC(NCC(C)N1CCCC1)c1ccccc1O. The Morgan fingerprint density at radius 2 is 1.89 bits per heavy atom. The highest BCUT2D eigenvalue weighted by Gasteiger charge is 2.18. The molecule has 1 aliphatic rings. The van der Waals surface area contributed by atoms with Gasteiger partial charge in [-0.1, -0.05) is 18.2 Å². The zero-order valence-corrected chi connectivity index (χ0v) is 11.4. The molecule has 1 aliphatic heterocycles. The molecule has 1 aromatic carbocycles. The Morgan fingerprint density at radius 3 is 2.56 bits per heavy atom. The molecule has 1 aromatic rings. The van der Waals surface area contributed by atoms with Gasteiger partial charge >= 0.3 is 0 Å². The second kappa shape index (κ2) is 6.21. The average molecular weight is 248 g/mol. The smallest absolute Gasteiger partial charge is 0.120 e. The normalized spacial score (nSPS) is 19.9. The molecule has 2 unspecified atom stereocenters. The van der Waals surface area contributed by atoms with Crippen LogP contribution in [-0.2, 0) is 0 Å². The minimum atomic E-state index is 0.191. The van der Waals surface area contributed by atoms with Crippen LogP contribution < -0.4 is 5.32 Å². The van der Waals surface area contributed by atoms with E-state index in [1.807, 2.05) is 18.2 Å². The van der Waals surface area contributed by atoms with E-state index in [1.165, 1.54) is 25.9 Å². The van der Waals surface area contributed by atoms with Crippen LogP contribution in [0.15, 0.2) is 24.3 Å². The van der Waals surface area contributed by atoms with Gasteiger partial charge in [-0.2, -0.15) is 0 Å². The van der Waals surface area contributed by atoms with Gasteiger partial charge < -0.3 is 10.4 Å². The lowest BCUT2D eigenvalue weighted by atomic mass is 10.1. The van der Waals surface area contributed by atoms with Crippen LogP contribution in [-0.4, -0.2) is 35.7 Å². The molecule has 18 heavy (non-hydrogen) atoms. The fourth-order valence-corrected chi connectivity index (χ4v) is 2.62. The molecule has 0 spiro atoms. The third kappa shape index (κ3) is 3.24. The Hall–Kier alpha value is -1.06. The molecule has 0 aliphatic carbocycles. The molecule has 3 heteroatoms. The molecular weight excluding hydrogens is 224 g/mol. The summed E-state index contributed by atoms with van der Waals surface area (Å²) < 4.78 is 0. The largest absolute Gasteiger partial charge is 0.508 e. The lowest BCUT2D eigenvalue weighted by Gasteiger charge is -2.26. The summed E-state index contributed by atoms with van der Waals surface area (Å²) >= 11 is 0. The summed E-state index contributed by atoms with van der Waals surface area (Å²) in [5.41, 5.74) is 0.978. The Labute approximate surface area is 110 Å². The van der Waals surface area contributed by atoms with Crippen molar-refractivity contribution in [3.05, 3.63) is 29.8 Å². The van der Waals surface area contributed by atoms with Gasteiger partial charge in [0.05, 0.1) is 0 Å². The third-order valence-electron chi connectivity index (χ3n) is 3.89. The van der Waals surface area contributed by atoms with Gasteiger partial charge in [0.1, 0.15) is 5.75 Å². The summed E-state index contributed by atoms with van der Waals surface area (Å²) in [5, 5.41) is 13.3. The summed E-state index contributed by atoms with van der Waals surface area (Å²) in [6, 6.07) is 8.32. The molecule has 0 saturated carbocycles. The maximum absolute atomic E-state index is 9.81. The van der Waals surface area contributed by atoms with Gasteiger partial charge in [-0.05, 0) is 45.8 Å². The zero-order chi connectivity index (χ0) is 13.0. The van der Waals surface area contributed by atoms with Crippen molar-refractivity contribution in [2.45, 2.75) is 38.8 Å². The van der Waals surface area contributed by atoms with Gasteiger partial charge in [0, 0.05) is 24.2 Å². The standard InChI is InChI=1S/C15H24N2O/c1-12(17-9-5-6-10-17)11-16-13(2)14-7-3-4-8-15(14)18/h3-4,7-8,12-13,16,18H,5-6,9-11H2,1-2H3. The molecule has 0 radical (unpaired) electrons. The number of benzene rings is 1. The van der Waals surface area contributed by atoms with Crippen molar-refractivity contribution in [2.24, 2.45) is 0 Å². The molecule has 1 heterocycles. The summed E-state index contributed by atoms with van der Waals surface area (Å²) in [4.78, 5) is 2.53. The van der Waals surface area contributed by atoms with Gasteiger partial charge in [-0.15, -0.1) is 0 Å². The second-order valence-electron chi connectivity index (χ2n) is 5.28. The van der Waals surface area contributed by atoms with Crippen molar-refractivity contribution in [1.29, 1.82) is 0 Å². The van der Waals surface area contributed by atoms with Gasteiger partial charge in [0.15, 0.2) is 0 Å². The fourth-order valence-electron chi connectivity index (χ4n) is 2.62. The number of phenolic OH excluding ortho intramolecular Hbond substituents is 1. The van der Waals surface area contributed by atoms with E-state index in [2.05, 4.69) is 24.1 Å². The molecular formula is C15H24N2O. The maximum atomic E-state index is 9.81. The van der Waals surface area contributed by atoms with E-state index in [1.54, 1.807) is 6.07 Å². The van der Waals surface area contributed by atoms with Crippen LogP contribution in [0.1, 0.15) is 38.3 Å². The Morgan fingerprint density at radius 1 is 1.22 bits per heavy atom. The zero-order valence-electron chi connectivity index (χ0n) is 11.4. The number of para-hydroxylation sites is 1. The van der Waals surface area contributed by atoms with E-state index in [0.717, 1.165) is 12.1 Å². The first-order valence-electron chi connectivity index (χ1n) is 6.94. The number of aromatic hydroxyl groups is 1. The molecule has 0 bridgehead atoms. The van der Waals surface area contributed by atoms with Crippen molar-refractivity contribution < 1.29 is 5.11 Å². The fraction of sp³-hybridized carbons (Fsp3) is 0.600. The Kier molecular flexibility index (Phi) is 4.61. The van der Waals surface area contributed by atoms with Crippen LogP contribution in [0.3, 0.4) is 0 Å². The summed E-state index contributed by atoms with van der Waals surface area (Å²) in [7, 11) is 0. The lowest BCUT2D eigenvalue weighted by Crippen LogP contribution is -2.39. The van der Waals surface area contributed by atoms with E-state index in [0.29, 0.717) is 11.8 Å². The van der Waals surface area contributed by atoms with Gasteiger partial charge in [0.2, 0.25) is 0 Å². The number of hydrogen-bond donors (Lipinski definition) is 2. The Balaban J connectivity index is 1.84. The summed E-state index contributed by atoms with van der Waals surface area (Å²) in [6.45, 7) is 7.80. The van der Waals surface area contributed by atoms with E-state index in [4.69, 9.17) is 0 Å². The van der Waals surface area contributed by atoms with Crippen LogP contribution in [0.2, 0.25) is 0 Å². The first-order valence-corrected chi connectivity index (χ1v) is 6.94. The first-order chi connectivity index (χ1) is 8.68. The molecule has 1 fully saturated rings. The number of nitrogens with one attached hydrogen (secondary N) is 1. The van der Waals surface area contributed by atoms with Crippen LogP contribution >= 0.6 is 0 Å². The molecule has 0 aromatic heterocycles. The number of hydrogen-bond acceptors (Lipinski definition) is 3. The molecule has 100 valence electrons. The van der Waals surface area contributed by atoms with Gasteiger partial charge in [-0.25, -0.2) is 0 Å². The highest BCUT2D eigenvalue weighted by atomic mass is 16.3. The second-order valence-corrected chi connectivity index (χ2v) is 5.28. The predicted molar refractivity (Wildman–Crippen MR) is 74.8 cm³/mol. The summed E-state index contributed by atoms with van der Waals surface area (Å²) in [5.74, 6) is 0.381. The van der Waals surface area contributed by atoms with E-state index < -0.39 is 0 Å². The number of phenols is 1. The van der Waals surface area contributed by atoms with Crippen LogP contribution in [0.25, 0.3) is 0 Å². The van der Waals surface area contributed by atoms with Crippen molar-refractivity contribution in [3.8, 4) is 5.75 Å². The number of likely N-dealkylation sites (tertiary alicyclic amines) is 1. The van der Waals surface area contributed by atoms with Crippen molar-refractivity contribution in [1.82, 2.24) is 10.2 Å². The van der Waals surface area contributed by atoms with E-state index in [-0.39, 0.29) is 6.04 Å². The molecule has 0 amide bonds. The molecule has 2 atom stereocenters. The third-order valence-corrected chi connectivity index (χ3v) is 3.89. The average Bonchev–Trinajstić information content (AvgIpc) is 2.90. The number of nitrogens with zero attached hydrogens (tertiary/aromatic N) is 1. The predicted octanol–water partition coefficient (Wildman–Crippen LogP) is 2.53. The highest BCUT2D eigenvalue weighted by Crippen LogP contribution is 2.23. The topological polar surface area (TPSA) is 35.5 Å². The van der Waals surface area contributed by atoms with E-state index in [9.17, 15) is 5.11 Å². The van der Waals surface area contributed by atoms with Crippen LogP contribution in [0.4, 0.5) is 0 Å². The van der Waals surface area contributed by atoms with Crippen LogP contribution in [0.5, 0.6) is 5.75 Å². The number of rotatable bonds is 5. The molecule has 2 N–H and O–H groups in total. The molecule has 3 nitrogen and oxygen atoms in total. The lowest BCUT2D eigenvalue weighted by molar-refractivity contribution is 0.247. The van der Waals surface area contributed by atoms with Gasteiger partial charge in [-0.3, -0.25) is 4.90 Å². The highest BCUT2D eigenvalue weighted by molar-refractivity contribution is 5.34. The minimum Gasteiger partial charge on any atom is -0.508 e. The molecule has 2 rings (SSSR count). The quantitative estimate of drug-likeness (QED) is 0.840. The van der Waals surface area contributed by atoms with E-state index >= 15 is 0 Å². The minimum absolute atomic E-state index is 0.191. The Bertz CT molecular complexity index is 375. The van der Waals surface area contributed by atoms with Crippen molar-refractivity contribution >= 4 is 0 Å².